The molecular formula is C23H30N4O2. The van der Waals surface area contributed by atoms with Crippen molar-refractivity contribution in [3.8, 4) is 5.75 Å². The number of aromatic nitrogens is 1. The fourth-order valence-corrected chi connectivity index (χ4v) is 4.21. The smallest absolute Gasteiger partial charge is 0.261 e. The van der Waals surface area contributed by atoms with Crippen molar-refractivity contribution in [3.63, 3.8) is 0 Å². The van der Waals surface area contributed by atoms with Crippen LogP contribution in [0.4, 0.5) is 5.69 Å². The predicted octanol–water partition coefficient (Wildman–Crippen LogP) is 2.88. The lowest BCUT2D eigenvalue weighted by Gasteiger charge is -2.34. The summed E-state index contributed by atoms with van der Waals surface area (Å²) < 4.78 is 5.69. The molecule has 2 aliphatic rings. The van der Waals surface area contributed by atoms with E-state index in [4.69, 9.17) is 9.72 Å². The van der Waals surface area contributed by atoms with Gasteiger partial charge in [0.15, 0.2) is 6.61 Å². The molecule has 154 valence electrons. The molecule has 2 fully saturated rings. The van der Waals surface area contributed by atoms with Crippen LogP contribution < -0.4 is 9.64 Å². The normalized spacial score (nSPS) is 20.1. The van der Waals surface area contributed by atoms with Gasteiger partial charge in [-0.3, -0.25) is 9.78 Å². The first kappa shape index (κ1) is 19.7. The van der Waals surface area contributed by atoms with Crippen molar-refractivity contribution >= 4 is 11.6 Å². The second-order valence-corrected chi connectivity index (χ2v) is 8.03. The summed E-state index contributed by atoms with van der Waals surface area (Å²) in [7, 11) is 2.17. The summed E-state index contributed by atoms with van der Waals surface area (Å²) in [5, 5.41) is 0. The van der Waals surface area contributed by atoms with Crippen LogP contribution in [-0.4, -0.2) is 67.1 Å². The SMILES string of the molecule is Cc1cc(N2CCN(C)CC2)cc([C@H]2CCCN2C(=O)COc2ccccc2)n1. The van der Waals surface area contributed by atoms with Crippen LogP contribution in [0.5, 0.6) is 5.75 Å². The summed E-state index contributed by atoms with van der Waals surface area (Å²) in [6.07, 6.45) is 1.96. The van der Waals surface area contributed by atoms with Crippen molar-refractivity contribution in [1.82, 2.24) is 14.8 Å². The summed E-state index contributed by atoms with van der Waals surface area (Å²) in [6.45, 7) is 7.07. The average Bonchev–Trinajstić information content (AvgIpc) is 3.23. The van der Waals surface area contributed by atoms with Gasteiger partial charge in [-0.05, 0) is 51.1 Å². The molecule has 0 spiro atoms. The number of ether oxygens (including phenoxy) is 1. The van der Waals surface area contributed by atoms with Gasteiger partial charge in [-0.25, -0.2) is 0 Å². The molecule has 1 amide bonds. The summed E-state index contributed by atoms with van der Waals surface area (Å²) in [5.74, 6) is 0.753. The molecule has 6 heteroatoms. The maximum Gasteiger partial charge on any atom is 0.261 e. The standard InChI is InChI=1S/C23H30N4O2/c1-18-15-19(26-13-11-25(2)12-14-26)16-21(24-18)22-9-6-10-27(22)23(28)17-29-20-7-4-3-5-8-20/h3-5,7-8,15-16,22H,6,9-14,17H2,1-2H3/t22-/m1/s1. The van der Waals surface area contributed by atoms with Crippen LogP contribution in [0.1, 0.15) is 30.3 Å². The van der Waals surface area contributed by atoms with E-state index in [9.17, 15) is 4.79 Å². The van der Waals surface area contributed by atoms with Crippen LogP contribution in [0.2, 0.25) is 0 Å². The van der Waals surface area contributed by atoms with Gasteiger partial charge in [0.1, 0.15) is 5.75 Å². The minimum absolute atomic E-state index is 0.0285. The zero-order chi connectivity index (χ0) is 20.2. The fourth-order valence-electron chi connectivity index (χ4n) is 4.21. The lowest BCUT2D eigenvalue weighted by Crippen LogP contribution is -2.44. The molecule has 2 aliphatic heterocycles. The number of pyridine rings is 1. The number of hydrogen-bond acceptors (Lipinski definition) is 5. The van der Waals surface area contributed by atoms with Crippen molar-refractivity contribution in [2.75, 3.05) is 51.3 Å². The highest BCUT2D eigenvalue weighted by Gasteiger charge is 2.32. The van der Waals surface area contributed by atoms with E-state index in [1.807, 2.05) is 42.2 Å². The van der Waals surface area contributed by atoms with E-state index in [2.05, 4.69) is 29.0 Å². The number of rotatable bonds is 5. The third kappa shape index (κ3) is 4.70. The first-order chi connectivity index (χ1) is 14.1. The summed E-state index contributed by atoms with van der Waals surface area (Å²) >= 11 is 0. The third-order valence-electron chi connectivity index (χ3n) is 5.85. The first-order valence-electron chi connectivity index (χ1n) is 10.5. The van der Waals surface area contributed by atoms with Gasteiger partial charge in [0.2, 0.25) is 0 Å². The number of carbonyl (C=O) groups excluding carboxylic acids is 1. The van der Waals surface area contributed by atoms with Crippen LogP contribution in [-0.2, 0) is 4.79 Å². The lowest BCUT2D eigenvalue weighted by molar-refractivity contribution is -0.134. The molecule has 3 heterocycles. The van der Waals surface area contributed by atoms with E-state index in [0.717, 1.165) is 62.7 Å². The van der Waals surface area contributed by atoms with Gasteiger partial charge < -0.3 is 19.4 Å². The average molecular weight is 395 g/mol. The molecule has 6 nitrogen and oxygen atoms in total. The van der Waals surface area contributed by atoms with E-state index < -0.39 is 0 Å². The van der Waals surface area contributed by atoms with Gasteiger partial charge in [0.05, 0.1) is 11.7 Å². The maximum atomic E-state index is 12.9. The predicted molar refractivity (Wildman–Crippen MR) is 114 cm³/mol. The minimum atomic E-state index is 0.0285. The molecule has 0 aliphatic carbocycles. The number of anilines is 1. The van der Waals surface area contributed by atoms with E-state index >= 15 is 0 Å². The molecule has 29 heavy (non-hydrogen) atoms. The Kier molecular flexibility index (Phi) is 6.00. The Balaban J connectivity index is 1.47. The Morgan fingerprint density at radius 3 is 2.62 bits per heavy atom. The number of piperazine rings is 1. The summed E-state index contributed by atoms with van der Waals surface area (Å²) in [5.41, 5.74) is 3.24. The highest BCUT2D eigenvalue weighted by molar-refractivity contribution is 5.78. The monoisotopic (exact) mass is 394 g/mol. The largest absolute Gasteiger partial charge is 0.484 e. The number of aryl methyl sites for hydroxylation is 1. The van der Waals surface area contributed by atoms with Crippen LogP contribution in [0, 0.1) is 6.92 Å². The van der Waals surface area contributed by atoms with Crippen LogP contribution in [0.15, 0.2) is 42.5 Å². The molecule has 1 aromatic carbocycles. The van der Waals surface area contributed by atoms with Crippen molar-refractivity contribution in [2.45, 2.75) is 25.8 Å². The molecule has 0 bridgehead atoms. The van der Waals surface area contributed by atoms with Crippen molar-refractivity contribution in [1.29, 1.82) is 0 Å². The van der Waals surface area contributed by atoms with Crippen molar-refractivity contribution in [3.05, 3.63) is 53.9 Å². The Morgan fingerprint density at radius 2 is 1.86 bits per heavy atom. The molecular weight excluding hydrogens is 364 g/mol. The second kappa shape index (κ2) is 8.82. The van der Waals surface area contributed by atoms with E-state index in [-0.39, 0.29) is 18.6 Å². The molecule has 2 aromatic rings. The fraction of sp³-hybridized carbons (Fsp3) is 0.478. The molecule has 0 radical (unpaired) electrons. The van der Waals surface area contributed by atoms with Crippen LogP contribution in [0.25, 0.3) is 0 Å². The quantitative estimate of drug-likeness (QED) is 0.781. The van der Waals surface area contributed by atoms with Gasteiger partial charge in [0.25, 0.3) is 5.91 Å². The number of benzene rings is 1. The number of hydrogen-bond donors (Lipinski definition) is 0. The molecule has 0 unspecified atom stereocenters. The number of likely N-dealkylation sites (N-methyl/N-ethyl adjacent to an activating group) is 1. The van der Waals surface area contributed by atoms with Gasteiger partial charge in [-0.1, -0.05) is 18.2 Å². The minimum Gasteiger partial charge on any atom is -0.484 e. The molecule has 1 aromatic heterocycles. The Morgan fingerprint density at radius 1 is 1.10 bits per heavy atom. The molecule has 4 rings (SSSR count). The third-order valence-corrected chi connectivity index (χ3v) is 5.85. The zero-order valence-electron chi connectivity index (χ0n) is 17.4. The van der Waals surface area contributed by atoms with E-state index in [1.165, 1.54) is 5.69 Å². The summed E-state index contributed by atoms with van der Waals surface area (Å²) in [4.78, 5) is 24.4. The van der Waals surface area contributed by atoms with Gasteiger partial charge in [-0.2, -0.15) is 0 Å². The van der Waals surface area contributed by atoms with E-state index in [0.29, 0.717) is 0 Å². The zero-order valence-corrected chi connectivity index (χ0v) is 17.4. The van der Waals surface area contributed by atoms with E-state index in [1.54, 1.807) is 0 Å². The number of likely N-dealkylation sites (tertiary alicyclic amines) is 1. The number of nitrogens with zero attached hydrogens (tertiary/aromatic N) is 4. The first-order valence-corrected chi connectivity index (χ1v) is 10.5. The lowest BCUT2D eigenvalue weighted by atomic mass is 10.1. The molecule has 2 saturated heterocycles. The number of carbonyl (C=O) groups is 1. The highest BCUT2D eigenvalue weighted by atomic mass is 16.5. The van der Waals surface area contributed by atoms with Gasteiger partial charge in [-0.15, -0.1) is 0 Å². The maximum absolute atomic E-state index is 12.9. The van der Waals surface area contributed by atoms with Crippen LogP contribution in [0.3, 0.4) is 0 Å². The van der Waals surface area contributed by atoms with Gasteiger partial charge in [0, 0.05) is 44.1 Å². The second-order valence-electron chi connectivity index (χ2n) is 8.03. The Bertz CT molecular complexity index is 834. The number of para-hydroxylation sites is 1. The molecule has 0 N–H and O–H groups in total. The number of amides is 1. The highest BCUT2D eigenvalue weighted by Crippen LogP contribution is 2.33. The molecule has 1 atom stereocenters. The molecule has 0 saturated carbocycles. The summed E-state index contributed by atoms with van der Waals surface area (Å²) in [6, 6.07) is 13.9. The van der Waals surface area contributed by atoms with Crippen molar-refractivity contribution < 1.29 is 9.53 Å². The van der Waals surface area contributed by atoms with Crippen LogP contribution >= 0.6 is 0 Å². The van der Waals surface area contributed by atoms with Crippen molar-refractivity contribution in [2.24, 2.45) is 0 Å². The topological polar surface area (TPSA) is 48.9 Å². The Labute approximate surface area is 173 Å². The van der Waals surface area contributed by atoms with Gasteiger partial charge >= 0.3 is 0 Å². The Hall–Kier alpha value is -2.60.